The fourth-order valence-corrected chi connectivity index (χ4v) is 2.35. The minimum Gasteiger partial charge on any atom is -0.357 e. The molecule has 1 atom stereocenters. The molecule has 19 heavy (non-hydrogen) atoms. The van der Waals surface area contributed by atoms with Crippen molar-refractivity contribution in [2.45, 2.75) is 19.5 Å². The van der Waals surface area contributed by atoms with E-state index in [0.717, 1.165) is 6.54 Å². The lowest BCUT2D eigenvalue weighted by molar-refractivity contribution is 0.569. The van der Waals surface area contributed by atoms with Crippen LogP contribution in [-0.2, 0) is 6.54 Å². The molecule has 0 saturated carbocycles. The molecule has 0 saturated heterocycles. The molecule has 2 N–H and O–H groups in total. The summed E-state index contributed by atoms with van der Waals surface area (Å²) in [6.07, 6.45) is 0. The van der Waals surface area contributed by atoms with Crippen LogP contribution in [0.3, 0.4) is 0 Å². The summed E-state index contributed by atoms with van der Waals surface area (Å²) < 4.78 is 0. The van der Waals surface area contributed by atoms with E-state index >= 15 is 0 Å². The molecule has 0 aliphatic rings. The first-order chi connectivity index (χ1) is 9.33. The molecule has 2 nitrogen and oxygen atoms in total. The Morgan fingerprint density at radius 3 is 2.53 bits per heavy atom. The monoisotopic (exact) mass is 250 g/mol. The summed E-state index contributed by atoms with van der Waals surface area (Å²) in [4.78, 5) is 3.44. The molecule has 0 amide bonds. The number of aromatic nitrogens is 1. The molecule has 0 aliphatic heterocycles. The number of hydrogen-bond acceptors (Lipinski definition) is 1. The Balaban J connectivity index is 1.69. The third kappa shape index (κ3) is 2.69. The number of H-pyrrole nitrogens is 1. The van der Waals surface area contributed by atoms with Gasteiger partial charge in [-0.2, -0.15) is 0 Å². The first-order valence-corrected chi connectivity index (χ1v) is 6.68. The standard InChI is InChI=1S/C17H18N2/c1-13(14-7-3-2-4-8-14)18-12-16-11-15-9-5-6-10-17(15)19-16/h2-11,13,18-19H,12H2,1H3/t13-/m1/s1. The van der Waals surface area contributed by atoms with Crippen LogP contribution >= 0.6 is 0 Å². The number of hydrogen-bond donors (Lipinski definition) is 2. The molecule has 0 bridgehead atoms. The first-order valence-electron chi connectivity index (χ1n) is 6.68. The van der Waals surface area contributed by atoms with Crippen molar-refractivity contribution < 1.29 is 0 Å². The second-order valence-electron chi connectivity index (χ2n) is 4.90. The van der Waals surface area contributed by atoms with E-state index in [-0.39, 0.29) is 0 Å². The van der Waals surface area contributed by atoms with E-state index in [4.69, 9.17) is 0 Å². The molecule has 96 valence electrons. The van der Waals surface area contributed by atoms with E-state index in [1.54, 1.807) is 0 Å². The zero-order valence-corrected chi connectivity index (χ0v) is 11.1. The van der Waals surface area contributed by atoms with Gasteiger partial charge in [-0.3, -0.25) is 0 Å². The van der Waals surface area contributed by atoms with Crippen molar-refractivity contribution in [2.75, 3.05) is 0 Å². The predicted octanol–water partition coefficient (Wildman–Crippen LogP) is 4.02. The summed E-state index contributed by atoms with van der Waals surface area (Å²) in [6.45, 7) is 3.04. The molecule has 0 spiro atoms. The molecule has 0 radical (unpaired) electrons. The van der Waals surface area contributed by atoms with Crippen molar-refractivity contribution in [1.82, 2.24) is 10.3 Å². The van der Waals surface area contributed by atoms with Gasteiger partial charge in [-0.25, -0.2) is 0 Å². The van der Waals surface area contributed by atoms with Crippen molar-refractivity contribution in [1.29, 1.82) is 0 Å². The van der Waals surface area contributed by atoms with Crippen LogP contribution in [0.15, 0.2) is 60.7 Å². The quantitative estimate of drug-likeness (QED) is 0.719. The minimum absolute atomic E-state index is 0.354. The number of benzene rings is 2. The lowest BCUT2D eigenvalue weighted by atomic mass is 10.1. The Morgan fingerprint density at radius 2 is 1.74 bits per heavy atom. The van der Waals surface area contributed by atoms with Gasteiger partial charge in [0, 0.05) is 23.8 Å². The maximum Gasteiger partial charge on any atom is 0.0456 e. The van der Waals surface area contributed by atoms with Crippen LogP contribution in [0, 0.1) is 0 Å². The van der Waals surface area contributed by atoms with Crippen molar-refractivity contribution in [3.63, 3.8) is 0 Å². The average Bonchev–Trinajstić information content (AvgIpc) is 2.88. The summed E-state index contributed by atoms with van der Waals surface area (Å²) in [5, 5.41) is 4.81. The Morgan fingerprint density at radius 1 is 1.00 bits per heavy atom. The van der Waals surface area contributed by atoms with Gasteiger partial charge in [0.2, 0.25) is 0 Å². The average molecular weight is 250 g/mol. The third-order valence-corrected chi connectivity index (χ3v) is 3.48. The van der Waals surface area contributed by atoms with Gasteiger partial charge in [-0.05, 0) is 30.0 Å². The Bertz CT molecular complexity index is 622. The largest absolute Gasteiger partial charge is 0.357 e. The van der Waals surface area contributed by atoms with E-state index in [1.165, 1.54) is 22.2 Å². The highest BCUT2D eigenvalue weighted by atomic mass is 14.9. The zero-order chi connectivity index (χ0) is 13.1. The molecule has 3 rings (SSSR count). The molecule has 2 heteroatoms. The van der Waals surface area contributed by atoms with Gasteiger partial charge >= 0.3 is 0 Å². The van der Waals surface area contributed by atoms with Gasteiger partial charge in [-0.15, -0.1) is 0 Å². The van der Waals surface area contributed by atoms with E-state index in [0.29, 0.717) is 6.04 Å². The summed E-state index contributed by atoms with van der Waals surface area (Å²) in [6, 6.07) is 21.5. The number of aromatic amines is 1. The van der Waals surface area contributed by atoms with Crippen molar-refractivity contribution in [3.8, 4) is 0 Å². The number of fused-ring (bicyclic) bond motifs is 1. The molecule has 1 aromatic heterocycles. The second-order valence-corrected chi connectivity index (χ2v) is 4.90. The molecule has 0 unspecified atom stereocenters. The molecule has 2 aromatic carbocycles. The van der Waals surface area contributed by atoms with Crippen LogP contribution in [0.5, 0.6) is 0 Å². The predicted molar refractivity (Wildman–Crippen MR) is 80.0 cm³/mol. The number of para-hydroxylation sites is 1. The molecule has 1 heterocycles. The highest BCUT2D eigenvalue weighted by molar-refractivity contribution is 5.80. The van der Waals surface area contributed by atoms with Gasteiger partial charge in [0.15, 0.2) is 0 Å². The summed E-state index contributed by atoms with van der Waals surface area (Å²) in [5.41, 5.74) is 3.74. The SMILES string of the molecule is C[C@@H](NCc1cc2ccccc2[nH]1)c1ccccc1. The topological polar surface area (TPSA) is 27.8 Å². The van der Waals surface area contributed by atoms with Gasteiger partial charge in [-0.1, -0.05) is 48.5 Å². The van der Waals surface area contributed by atoms with Gasteiger partial charge in [0.1, 0.15) is 0 Å². The zero-order valence-electron chi connectivity index (χ0n) is 11.1. The summed E-state index contributed by atoms with van der Waals surface area (Å²) in [7, 11) is 0. The smallest absolute Gasteiger partial charge is 0.0456 e. The van der Waals surface area contributed by atoms with E-state index in [1.807, 2.05) is 6.07 Å². The van der Waals surface area contributed by atoms with Crippen molar-refractivity contribution in [2.24, 2.45) is 0 Å². The normalized spacial score (nSPS) is 12.7. The maximum absolute atomic E-state index is 3.54. The Kier molecular flexibility index (Phi) is 3.34. The Hall–Kier alpha value is -2.06. The summed E-state index contributed by atoms with van der Waals surface area (Å²) in [5.74, 6) is 0. The van der Waals surface area contributed by atoms with Gasteiger partial charge in [0.05, 0.1) is 0 Å². The molecular formula is C17H18N2. The maximum atomic E-state index is 3.54. The molecule has 0 aliphatic carbocycles. The Labute approximate surface area is 113 Å². The fraction of sp³-hybridized carbons (Fsp3) is 0.176. The first kappa shape index (κ1) is 12.0. The van der Waals surface area contributed by atoms with Crippen LogP contribution in [0.4, 0.5) is 0 Å². The van der Waals surface area contributed by atoms with Crippen LogP contribution in [0.2, 0.25) is 0 Å². The van der Waals surface area contributed by atoms with Crippen LogP contribution < -0.4 is 5.32 Å². The van der Waals surface area contributed by atoms with Crippen molar-refractivity contribution >= 4 is 10.9 Å². The highest BCUT2D eigenvalue weighted by Gasteiger charge is 2.05. The van der Waals surface area contributed by atoms with E-state index in [2.05, 4.69) is 71.8 Å². The van der Waals surface area contributed by atoms with Gasteiger partial charge in [0.25, 0.3) is 0 Å². The van der Waals surface area contributed by atoms with Crippen molar-refractivity contribution in [3.05, 3.63) is 71.9 Å². The lowest BCUT2D eigenvalue weighted by Crippen LogP contribution is -2.18. The minimum atomic E-state index is 0.354. The lowest BCUT2D eigenvalue weighted by Gasteiger charge is -2.13. The second kappa shape index (κ2) is 5.29. The number of nitrogens with one attached hydrogen (secondary N) is 2. The summed E-state index contributed by atoms with van der Waals surface area (Å²) >= 11 is 0. The molecular weight excluding hydrogens is 232 g/mol. The number of rotatable bonds is 4. The van der Waals surface area contributed by atoms with E-state index in [9.17, 15) is 0 Å². The van der Waals surface area contributed by atoms with Gasteiger partial charge < -0.3 is 10.3 Å². The highest BCUT2D eigenvalue weighted by Crippen LogP contribution is 2.16. The van der Waals surface area contributed by atoms with E-state index < -0.39 is 0 Å². The van der Waals surface area contributed by atoms with Crippen LogP contribution in [0.25, 0.3) is 10.9 Å². The van der Waals surface area contributed by atoms with Crippen LogP contribution in [-0.4, -0.2) is 4.98 Å². The fourth-order valence-electron chi connectivity index (χ4n) is 2.35. The third-order valence-electron chi connectivity index (χ3n) is 3.48. The van der Waals surface area contributed by atoms with Crippen LogP contribution in [0.1, 0.15) is 24.2 Å². The molecule has 0 fully saturated rings. The molecule has 3 aromatic rings.